The average molecular weight is 360 g/mol. The van der Waals surface area contributed by atoms with E-state index >= 15 is 0 Å². The van der Waals surface area contributed by atoms with Gasteiger partial charge < -0.3 is 15.4 Å². The van der Waals surface area contributed by atoms with Gasteiger partial charge in [-0.05, 0) is 54.4 Å². The van der Waals surface area contributed by atoms with Gasteiger partial charge in [0.05, 0.1) is 17.9 Å². The standard InChI is InChI=1S/C23H24N2O2/c1-17(2)16-27-20-14-12-19(13-15-20)25-23(26)21-10-6-7-11-22(21)24-18-8-4-3-5-9-18/h3-15,17,24H,16H2,1-2H3,(H,25,26). The topological polar surface area (TPSA) is 50.4 Å². The van der Waals surface area contributed by atoms with Gasteiger partial charge >= 0.3 is 0 Å². The highest BCUT2D eigenvalue weighted by molar-refractivity contribution is 6.08. The second-order valence-corrected chi connectivity index (χ2v) is 6.72. The zero-order chi connectivity index (χ0) is 19.1. The number of rotatable bonds is 7. The normalized spacial score (nSPS) is 10.5. The SMILES string of the molecule is CC(C)COc1ccc(NC(=O)c2ccccc2Nc2ccccc2)cc1. The summed E-state index contributed by atoms with van der Waals surface area (Å²) in [5.41, 5.74) is 3.01. The molecule has 0 aromatic heterocycles. The van der Waals surface area contributed by atoms with Crippen LogP contribution in [0.4, 0.5) is 17.1 Å². The van der Waals surface area contributed by atoms with Gasteiger partial charge in [-0.3, -0.25) is 4.79 Å². The molecule has 0 spiro atoms. The number of anilines is 3. The lowest BCUT2D eigenvalue weighted by Crippen LogP contribution is -2.13. The number of hydrogen-bond donors (Lipinski definition) is 2. The Morgan fingerprint density at radius 3 is 2.22 bits per heavy atom. The van der Waals surface area contributed by atoms with E-state index in [4.69, 9.17) is 4.74 Å². The Morgan fingerprint density at radius 2 is 1.52 bits per heavy atom. The van der Waals surface area contributed by atoms with Crippen molar-refractivity contribution in [3.05, 3.63) is 84.4 Å². The maximum atomic E-state index is 12.7. The summed E-state index contributed by atoms with van der Waals surface area (Å²) in [5.74, 6) is 1.11. The molecule has 3 aromatic rings. The molecule has 27 heavy (non-hydrogen) atoms. The van der Waals surface area contributed by atoms with Gasteiger partial charge in [-0.25, -0.2) is 0 Å². The smallest absolute Gasteiger partial charge is 0.257 e. The van der Waals surface area contributed by atoms with Gasteiger partial charge in [-0.15, -0.1) is 0 Å². The van der Waals surface area contributed by atoms with Crippen molar-refractivity contribution in [3.63, 3.8) is 0 Å². The number of carbonyl (C=O) groups excluding carboxylic acids is 1. The molecule has 0 saturated carbocycles. The van der Waals surface area contributed by atoms with Crippen molar-refractivity contribution in [1.82, 2.24) is 0 Å². The average Bonchev–Trinajstić information content (AvgIpc) is 2.68. The van der Waals surface area contributed by atoms with E-state index in [2.05, 4.69) is 24.5 Å². The van der Waals surface area contributed by atoms with Crippen molar-refractivity contribution in [2.75, 3.05) is 17.2 Å². The molecule has 2 N–H and O–H groups in total. The lowest BCUT2D eigenvalue weighted by atomic mass is 10.1. The largest absolute Gasteiger partial charge is 0.493 e. The molecule has 0 atom stereocenters. The van der Waals surface area contributed by atoms with Crippen LogP contribution in [0.1, 0.15) is 24.2 Å². The predicted octanol–water partition coefficient (Wildman–Crippen LogP) is 5.72. The fraction of sp³-hybridized carbons (Fsp3) is 0.174. The summed E-state index contributed by atoms with van der Waals surface area (Å²) in [6.45, 7) is 4.88. The molecule has 3 aromatic carbocycles. The van der Waals surface area contributed by atoms with E-state index in [0.29, 0.717) is 18.1 Å². The van der Waals surface area contributed by atoms with E-state index in [-0.39, 0.29) is 5.91 Å². The summed E-state index contributed by atoms with van der Waals surface area (Å²) in [6, 6.07) is 24.7. The minimum absolute atomic E-state index is 0.162. The van der Waals surface area contributed by atoms with Gasteiger partial charge in [-0.1, -0.05) is 44.2 Å². The third-order valence-corrected chi connectivity index (χ3v) is 3.92. The third kappa shape index (κ3) is 5.35. The number of amides is 1. The quantitative estimate of drug-likeness (QED) is 0.567. The van der Waals surface area contributed by atoms with E-state index < -0.39 is 0 Å². The van der Waals surface area contributed by atoms with Crippen molar-refractivity contribution < 1.29 is 9.53 Å². The van der Waals surface area contributed by atoms with Crippen molar-refractivity contribution in [2.24, 2.45) is 5.92 Å². The zero-order valence-corrected chi connectivity index (χ0v) is 15.6. The molecule has 4 nitrogen and oxygen atoms in total. The fourth-order valence-corrected chi connectivity index (χ4v) is 2.56. The minimum atomic E-state index is -0.162. The third-order valence-electron chi connectivity index (χ3n) is 3.92. The Labute approximate surface area is 160 Å². The van der Waals surface area contributed by atoms with Gasteiger partial charge in [0.1, 0.15) is 5.75 Å². The zero-order valence-electron chi connectivity index (χ0n) is 15.6. The Hall–Kier alpha value is -3.27. The van der Waals surface area contributed by atoms with Crippen LogP contribution in [0.5, 0.6) is 5.75 Å². The second kappa shape index (κ2) is 8.90. The molecule has 4 heteroatoms. The van der Waals surface area contributed by atoms with Crippen LogP contribution in [0.2, 0.25) is 0 Å². The Kier molecular flexibility index (Phi) is 6.10. The van der Waals surface area contributed by atoms with E-state index in [1.54, 1.807) is 6.07 Å². The molecule has 0 aliphatic carbocycles. The van der Waals surface area contributed by atoms with Crippen molar-refractivity contribution in [3.8, 4) is 5.75 Å². The van der Waals surface area contributed by atoms with Crippen LogP contribution in [0.25, 0.3) is 0 Å². The van der Waals surface area contributed by atoms with E-state index in [1.165, 1.54) is 0 Å². The molecule has 0 heterocycles. The molecule has 0 radical (unpaired) electrons. The molecule has 1 amide bonds. The summed E-state index contributed by atoms with van der Waals surface area (Å²) in [7, 11) is 0. The molecule has 0 aliphatic heterocycles. The van der Waals surface area contributed by atoms with Gasteiger partial charge in [-0.2, -0.15) is 0 Å². The lowest BCUT2D eigenvalue weighted by molar-refractivity contribution is 0.102. The first-order valence-corrected chi connectivity index (χ1v) is 9.07. The fourth-order valence-electron chi connectivity index (χ4n) is 2.56. The van der Waals surface area contributed by atoms with Crippen LogP contribution >= 0.6 is 0 Å². The first kappa shape index (κ1) is 18.5. The first-order chi connectivity index (χ1) is 13.1. The van der Waals surface area contributed by atoms with Crippen molar-refractivity contribution in [1.29, 1.82) is 0 Å². The van der Waals surface area contributed by atoms with Crippen LogP contribution in [0, 0.1) is 5.92 Å². The summed E-state index contributed by atoms with van der Waals surface area (Å²) >= 11 is 0. The number of ether oxygens (including phenoxy) is 1. The maximum Gasteiger partial charge on any atom is 0.257 e. The molecule has 138 valence electrons. The van der Waals surface area contributed by atoms with Crippen molar-refractivity contribution in [2.45, 2.75) is 13.8 Å². The van der Waals surface area contributed by atoms with Crippen LogP contribution in [0.15, 0.2) is 78.9 Å². The molecule has 3 rings (SSSR count). The van der Waals surface area contributed by atoms with E-state index in [9.17, 15) is 4.79 Å². The summed E-state index contributed by atoms with van der Waals surface area (Å²) in [6.07, 6.45) is 0. The van der Waals surface area contributed by atoms with Crippen LogP contribution in [-0.4, -0.2) is 12.5 Å². The summed E-state index contributed by atoms with van der Waals surface area (Å²) in [4.78, 5) is 12.7. The number of hydrogen-bond acceptors (Lipinski definition) is 3. The summed E-state index contributed by atoms with van der Waals surface area (Å²) in [5, 5.41) is 6.24. The predicted molar refractivity (Wildman–Crippen MR) is 111 cm³/mol. The molecule has 0 bridgehead atoms. The number of benzene rings is 3. The van der Waals surface area contributed by atoms with Gasteiger partial charge in [0.15, 0.2) is 0 Å². The minimum Gasteiger partial charge on any atom is -0.493 e. The number of carbonyl (C=O) groups is 1. The van der Waals surface area contributed by atoms with Crippen LogP contribution in [-0.2, 0) is 0 Å². The number of para-hydroxylation sites is 2. The lowest BCUT2D eigenvalue weighted by Gasteiger charge is -2.13. The monoisotopic (exact) mass is 360 g/mol. The Bertz CT molecular complexity index is 874. The van der Waals surface area contributed by atoms with Crippen molar-refractivity contribution >= 4 is 23.0 Å². The molecule has 0 aliphatic rings. The Balaban J connectivity index is 1.69. The van der Waals surface area contributed by atoms with Crippen LogP contribution in [0.3, 0.4) is 0 Å². The second-order valence-electron chi connectivity index (χ2n) is 6.72. The highest BCUT2D eigenvalue weighted by Crippen LogP contribution is 2.23. The highest BCUT2D eigenvalue weighted by atomic mass is 16.5. The van der Waals surface area contributed by atoms with Gasteiger partial charge in [0.25, 0.3) is 5.91 Å². The molecule has 0 unspecified atom stereocenters. The molecule has 0 saturated heterocycles. The van der Waals surface area contributed by atoms with Gasteiger partial charge in [0, 0.05) is 11.4 Å². The molecular weight excluding hydrogens is 336 g/mol. The number of nitrogens with one attached hydrogen (secondary N) is 2. The Morgan fingerprint density at radius 1 is 0.852 bits per heavy atom. The first-order valence-electron chi connectivity index (χ1n) is 9.07. The maximum absolute atomic E-state index is 12.7. The van der Waals surface area contributed by atoms with Gasteiger partial charge in [0.2, 0.25) is 0 Å². The van der Waals surface area contributed by atoms with E-state index in [1.807, 2.05) is 72.8 Å². The van der Waals surface area contributed by atoms with E-state index in [0.717, 1.165) is 22.8 Å². The van der Waals surface area contributed by atoms with Crippen LogP contribution < -0.4 is 15.4 Å². The highest BCUT2D eigenvalue weighted by Gasteiger charge is 2.11. The molecule has 0 fully saturated rings. The molecular formula is C23H24N2O2. The summed E-state index contributed by atoms with van der Waals surface area (Å²) < 4.78 is 5.67.